The summed E-state index contributed by atoms with van der Waals surface area (Å²) in [6.07, 6.45) is 2.07. The first-order valence-corrected chi connectivity index (χ1v) is 9.77. The average Bonchev–Trinajstić information content (AvgIpc) is 3.16. The van der Waals surface area contributed by atoms with Gasteiger partial charge in [-0.05, 0) is 53.3 Å². The summed E-state index contributed by atoms with van der Waals surface area (Å²) in [4.78, 5) is 4.39. The summed E-state index contributed by atoms with van der Waals surface area (Å²) in [7, 11) is 1.83. The highest BCUT2D eigenvalue weighted by molar-refractivity contribution is 7.07. The summed E-state index contributed by atoms with van der Waals surface area (Å²) in [6, 6.07) is 10.9. The first kappa shape index (κ1) is 18.0. The Kier molecular flexibility index (Phi) is 6.10. The van der Waals surface area contributed by atoms with Gasteiger partial charge >= 0.3 is 0 Å². The molecule has 0 radical (unpaired) electrons. The highest BCUT2D eigenvalue weighted by Gasteiger charge is 2.35. The van der Waals surface area contributed by atoms with E-state index in [0.29, 0.717) is 0 Å². The van der Waals surface area contributed by atoms with Gasteiger partial charge in [-0.2, -0.15) is 11.3 Å². The maximum absolute atomic E-state index is 5.64. The predicted molar refractivity (Wildman–Crippen MR) is 105 cm³/mol. The lowest BCUT2D eigenvalue weighted by molar-refractivity contribution is 0.0512. The summed E-state index contributed by atoms with van der Waals surface area (Å²) in [5, 5.41) is 11.2. The Bertz CT molecular complexity index is 691. The fourth-order valence-electron chi connectivity index (χ4n) is 3.52. The van der Waals surface area contributed by atoms with Crippen LogP contribution in [-0.2, 0) is 16.7 Å². The molecule has 1 aliphatic heterocycles. The maximum atomic E-state index is 5.64. The van der Waals surface area contributed by atoms with Crippen LogP contribution in [0, 0.1) is 6.92 Å². The second-order valence-electron chi connectivity index (χ2n) is 6.62. The SMILES string of the molecule is CN=C(NCc1ccsc1)NCC1(c2ccccc2C)CCOCC1. The lowest BCUT2D eigenvalue weighted by Gasteiger charge is -2.39. The molecule has 3 rings (SSSR count). The largest absolute Gasteiger partial charge is 0.381 e. The number of rotatable bonds is 5. The number of ether oxygens (including phenoxy) is 1. The Morgan fingerprint density at radius 2 is 2.00 bits per heavy atom. The standard InChI is InChI=1S/C20H27N3OS/c1-16-5-3-4-6-18(16)20(8-10-24-11-9-20)15-23-19(21-2)22-13-17-7-12-25-14-17/h3-7,12,14H,8-11,13,15H2,1-2H3,(H2,21,22,23). The van der Waals surface area contributed by atoms with Crippen LogP contribution in [0.3, 0.4) is 0 Å². The molecule has 0 bridgehead atoms. The molecule has 0 saturated carbocycles. The maximum Gasteiger partial charge on any atom is 0.191 e. The van der Waals surface area contributed by atoms with E-state index in [0.717, 1.165) is 45.1 Å². The Balaban J connectivity index is 1.69. The third-order valence-electron chi connectivity index (χ3n) is 5.02. The Morgan fingerprint density at radius 3 is 2.68 bits per heavy atom. The molecule has 0 aliphatic carbocycles. The summed E-state index contributed by atoms with van der Waals surface area (Å²) in [6.45, 7) is 5.50. The van der Waals surface area contributed by atoms with Crippen molar-refractivity contribution in [2.75, 3.05) is 26.8 Å². The highest BCUT2D eigenvalue weighted by Crippen LogP contribution is 2.36. The van der Waals surface area contributed by atoms with E-state index in [1.54, 1.807) is 11.3 Å². The van der Waals surface area contributed by atoms with Gasteiger partial charge in [-0.25, -0.2) is 0 Å². The fourth-order valence-corrected chi connectivity index (χ4v) is 4.19. The molecule has 1 aliphatic rings. The first-order valence-electron chi connectivity index (χ1n) is 8.83. The molecular formula is C20H27N3OS. The molecule has 25 heavy (non-hydrogen) atoms. The van der Waals surface area contributed by atoms with E-state index in [-0.39, 0.29) is 5.41 Å². The number of guanidine groups is 1. The van der Waals surface area contributed by atoms with Crippen LogP contribution in [0.25, 0.3) is 0 Å². The zero-order valence-corrected chi connectivity index (χ0v) is 15.9. The molecule has 134 valence electrons. The van der Waals surface area contributed by atoms with Crippen molar-refractivity contribution in [3.05, 3.63) is 57.8 Å². The highest BCUT2D eigenvalue weighted by atomic mass is 32.1. The molecule has 0 unspecified atom stereocenters. The third kappa shape index (κ3) is 4.41. The molecule has 1 saturated heterocycles. The van der Waals surface area contributed by atoms with Crippen molar-refractivity contribution in [1.82, 2.24) is 10.6 Å². The van der Waals surface area contributed by atoms with E-state index in [1.807, 2.05) is 7.05 Å². The molecule has 0 spiro atoms. The van der Waals surface area contributed by atoms with Crippen molar-refractivity contribution in [3.8, 4) is 0 Å². The summed E-state index contributed by atoms with van der Waals surface area (Å²) < 4.78 is 5.64. The Labute approximate surface area is 154 Å². The lowest BCUT2D eigenvalue weighted by Crippen LogP contribution is -2.48. The van der Waals surface area contributed by atoms with Gasteiger partial charge in [0, 0.05) is 38.8 Å². The number of hydrogen-bond acceptors (Lipinski definition) is 3. The number of nitrogens with zero attached hydrogens (tertiary/aromatic N) is 1. The molecule has 1 fully saturated rings. The number of hydrogen-bond donors (Lipinski definition) is 2. The molecule has 2 aromatic rings. The monoisotopic (exact) mass is 357 g/mol. The van der Waals surface area contributed by atoms with E-state index < -0.39 is 0 Å². The first-order chi connectivity index (χ1) is 12.2. The normalized spacial score (nSPS) is 17.3. The van der Waals surface area contributed by atoms with Crippen LogP contribution in [0.4, 0.5) is 0 Å². The molecule has 2 N–H and O–H groups in total. The average molecular weight is 358 g/mol. The molecule has 5 heteroatoms. The van der Waals surface area contributed by atoms with Gasteiger partial charge in [-0.15, -0.1) is 0 Å². The molecule has 0 atom stereocenters. The second-order valence-corrected chi connectivity index (χ2v) is 7.40. The van der Waals surface area contributed by atoms with Crippen molar-refractivity contribution in [2.45, 2.75) is 31.7 Å². The van der Waals surface area contributed by atoms with Crippen molar-refractivity contribution in [2.24, 2.45) is 4.99 Å². The zero-order valence-electron chi connectivity index (χ0n) is 15.0. The van der Waals surface area contributed by atoms with Gasteiger partial charge < -0.3 is 15.4 Å². The van der Waals surface area contributed by atoms with Crippen molar-refractivity contribution in [1.29, 1.82) is 0 Å². The van der Waals surface area contributed by atoms with Crippen molar-refractivity contribution in [3.63, 3.8) is 0 Å². The van der Waals surface area contributed by atoms with Crippen LogP contribution in [-0.4, -0.2) is 32.8 Å². The van der Waals surface area contributed by atoms with E-state index in [1.165, 1.54) is 16.7 Å². The minimum Gasteiger partial charge on any atom is -0.381 e. The van der Waals surface area contributed by atoms with Crippen LogP contribution < -0.4 is 10.6 Å². The molecule has 2 heterocycles. The minimum absolute atomic E-state index is 0.101. The molecule has 1 aromatic carbocycles. The van der Waals surface area contributed by atoms with Crippen LogP contribution in [0.2, 0.25) is 0 Å². The quantitative estimate of drug-likeness (QED) is 0.636. The van der Waals surface area contributed by atoms with Crippen molar-refractivity contribution < 1.29 is 4.74 Å². The number of aliphatic imine (C=N–C) groups is 1. The topological polar surface area (TPSA) is 45.7 Å². The van der Waals surface area contributed by atoms with Gasteiger partial charge in [0.2, 0.25) is 0 Å². The summed E-state index contributed by atoms with van der Waals surface area (Å²) >= 11 is 1.72. The fraction of sp³-hybridized carbons (Fsp3) is 0.450. The van der Waals surface area contributed by atoms with Crippen LogP contribution in [0.5, 0.6) is 0 Å². The van der Waals surface area contributed by atoms with Crippen molar-refractivity contribution >= 4 is 17.3 Å². The van der Waals surface area contributed by atoms with E-state index in [2.05, 4.69) is 63.6 Å². The van der Waals surface area contributed by atoms with E-state index in [4.69, 9.17) is 4.74 Å². The second kappa shape index (κ2) is 8.50. The Hall–Kier alpha value is -1.85. The van der Waals surface area contributed by atoms with E-state index in [9.17, 15) is 0 Å². The minimum atomic E-state index is 0.101. The van der Waals surface area contributed by atoms with Crippen LogP contribution >= 0.6 is 11.3 Å². The molecule has 4 nitrogen and oxygen atoms in total. The smallest absolute Gasteiger partial charge is 0.191 e. The predicted octanol–water partition coefficient (Wildman–Crippen LogP) is 3.47. The number of benzene rings is 1. The van der Waals surface area contributed by atoms with Gasteiger partial charge in [0.15, 0.2) is 5.96 Å². The molecule has 1 aromatic heterocycles. The molecule has 0 amide bonds. The lowest BCUT2D eigenvalue weighted by atomic mass is 9.72. The Morgan fingerprint density at radius 1 is 1.20 bits per heavy atom. The number of thiophene rings is 1. The zero-order chi connectivity index (χ0) is 17.5. The summed E-state index contributed by atoms with van der Waals surface area (Å²) in [5.41, 5.74) is 4.17. The summed E-state index contributed by atoms with van der Waals surface area (Å²) in [5.74, 6) is 0.852. The number of aryl methyl sites for hydroxylation is 1. The van der Waals surface area contributed by atoms with Crippen LogP contribution in [0.1, 0.15) is 29.5 Å². The third-order valence-corrected chi connectivity index (χ3v) is 5.76. The van der Waals surface area contributed by atoms with Crippen LogP contribution in [0.15, 0.2) is 46.1 Å². The van der Waals surface area contributed by atoms with Gasteiger partial charge in [-0.3, -0.25) is 4.99 Å². The van der Waals surface area contributed by atoms with E-state index >= 15 is 0 Å². The van der Waals surface area contributed by atoms with Gasteiger partial charge in [0.1, 0.15) is 0 Å². The van der Waals surface area contributed by atoms with Gasteiger partial charge in [0.05, 0.1) is 0 Å². The van der Waals surface area contributed by atoms with Gasteiger partial charge in [-0.1, -0.05) is 24.3 Å². The van der Waals surface area contributed by atoms with Gasteiger partial charge in [0.25, 0.3) is 0 Å². The number of nitrogens with one attached hydrogen (secondary N) is 2. The molecular weight excluding hydrogens is 330 g/mol.